The van der Waals surface area contributed by atoms with E-state index in [-0.39, 0.29) is 29.2 Å². The number of allylic oxidation sites excluding steroid dienone is 1. The molecule has 1 atom stereocenters. The number of aromatic nitrogens is 1. The molecule has 3 aromatic carbocycles. The molecular weight excluding hydrogens is 606 g/mol. The van der Waals surface area contributed by atoms with Gasteiger partial charge in [0, 0.05) is 10.6 Å². The summed E-state index contributed by atoms with van der Waals surface area (Å²) in [6.07, 6.45) is 1.30. The van der Waals surface area contributed by atoms with E-state index in [9.17, 15) is 14.4 Å². The normalized spacial score (nSPS) is 17.0. The molecule has 7 nitrogen and oxygen atoms in total. The van der Waals surface area contributed by atoms with Gasteiger partial charge in [-0.15, -0.1) is 0 Å². The molecule has 0 bridgehead atoms. The van der Waals surface area contributed by atoms with Crippen molar-refractivity contribution in [2.75, 3.05) is 11.5 Å². The number of amides is 1. The average molecular weight is 640 g/mol. The van der Waals surface area contributed by atoms with E-state index < -0.39 is 12.0 Å². The molecule has 1 amide bonds. The molecule has 0 radical (unpaired) electrons. The number of para-hydroxylation sites is 1. The van der Waals surface area contributed by atoms with Crippen LogP contribution in [0.2, 0.25) is 5.02 Å². The van der Waals surface area contributed by atoms with Crippen LogP contribution in [0.3, 0.4) is 0 Å². The molecule has 0 aliphatic carbocycles. The van der Waals surface area contributed by atoms with Gasteiger partial charge < -0.3 is 9.64 Å². The predicted octanol–water partition coefficient (Wildman–Crippen LogP) is 6.27. The van der Waals surface area contributed by atoms with Crippen molar-refractivity contribution in [1.82, 2.24) is 4.57 Å². The summed E-state index contributed by atoms with van der Waals surface area (Å²) >= 11 is 7.66. The quantitative estimate of drug-likeness (QED) is 0.213. The van der Waals surface area contributed by atoms with Crippen molar-refractivity contribution in [3.05, 3.63) is 131 Å². The Kier molecular flexibility index (Phi) is 8.62. The van der Waals surface area contributed by atoms with Crippen LogP contribution in [0.25, 0.3) is 5.57 Å². The number of anilines is 1. The van der Waals surface area contributed by atoms with Crippen LogP contribution in [0.15, 0.2) is 93.9 Å². The average Bonchev–Trinajstić information content (AvgIpc) is 3.50. The van der Waals surface area contributed by atoms with Gasteiger partial charge in [-0.1, -0.05) is 111 Å². The van der Waals surface area contributed by atoms with Gasteiger partial charge in [0.2, 0.25) is 0 Å². The number of hydrogen-bond acceptors (Lipinski definition) is 6. The van der Waals surface area contributed by atoms with Crippen molar-refractivity contribution in [3.63, 3.8) is 0 Å². The molecule has 0 saturated carbocycles. The highest BCUT2D eigenvalue weighted by molar-refractivity contribution is 7.07. The summed E-state index contributed by atoms with van der Waals surface area (Å²) in [5.41, 5.74) is 5.04. The van der Waals surface area contributed by atoms with E-state index >= 15 is 0 Å². The van der Waals surface area contributed by atoms with Crippen LogP contribution in [-0.4, -0.2) is 23.1 Å². The summed E-state index contributed by atoms with van der Waals surface area (Å²) in [4.78, 5) is 49.3. The minimum atomic E-state index is -0.747. The summed E-state index contributed by atoms with van der Waals surface area (Å²) in [6.45, 7) is 8.48. The predicted molar refractivity (Wildman–Crippen MR) is 178 cm³/mol. The van der Waals surface area contributed by atoms with Gasteiger partial charge in [-0.05, 0) is 48.1 Å². The van der Waals surface area contributed by atoms with E-state index in [1.165, 1.54) is 11.3 Å². The SMILES string of the molecule is CCCC1=C(C(=O)OCC)[C@@H](c2ccc(C(C)C)cc2)n2c(s/c(=C3/C(=O)N(Cc4ccccc4Cl)c4ccccc43)c2=O)=N1. The van der Waals surface area contributed by atoms with Gasteiger partial charge in [-0.25, -0.2) is 9.79 Å². The summed E-state index contributed by atoms with van der Waals surface area (Å²) < 4.78 is 7.39. The third-order valence-electron chi connectivity index (χ3n) is 8.22. The first-order chi connectivity index (χ1) is 21.7. The van der Waals surface area contributed by atoms with Crippen LogP contribution in [0, 0.1) is 0 Å². The second-order valence-electron chi connectivity index (χ2n) is 11.4. The maximum Gasteiger partial charge on any atom is 0.338 e. The Morgan fingerprint density at radius 1 is 1.00 bits per heavy atom. The Balaban J connectivity index is 1.59. The topological polar surface area (TPSA) is 81.0 Å². The van der Waals surface area contributed by atoms with Crippen molar-refractivity contribution in [2.24, 2.45) is 4.99 Å². The molecule has 0 N–H and O–H groups in total. The third kappa shape index (κ3) is 5.47. The van der Waals surface area contributed by atoms with Crippen molar-refractivity contribution in [2.45, 2.75) is 59.0 Å². The highest BCUT2D eigenvalue weighted by atomic mass is 35.5. The summed E-state index contributed by atoms with van der Waals surface area (Å²) in [5, 5.41) is 0.564. The van der Waals surface area contributed by atoms with Gasteiger partial charge in [-0.3, -0.25) is 14.2 Å². The highest BCUT2D eigenvalue weighted by Crippen LogP contribution is 2.38. The van der Waals surface area contributed by atoms with Gasteiger partial charge in [0.25, 0.3) is 11.5 Å². The molecule has 230 valence electrons. The van der Waals surface area contributed by atoms with Gasteiger partial charge in [0.15, 0.2) is 4.80 Å². The van der Waals surface area contributed by atoms with Crippen LogP contribution in [0.5, 0.6) is 0 Å². The Morgan fingerprint density at radius 2 is 1.71 bits per heavy atom. The fourth-order valence-electron chi connectivity index (χ4n) is 6.00. The zero-order chi connectivity index (χ0) is 31.8. The van der Waals surface area contributed by atoms with E-state index in [1.807, 2.05) is 73.7 Å². The smallest absolute Gasteiger partial charge is 0.338 e. The zero-order valence-corrected chi connectivity index (χ0v) is 27.2. The number of rotatable bonds is 8. The largest absolute Gasteiger partial charge is 0.463 e. The lowest BCUT2D eigenvalue weighted by Crippen LogP contribution is -2.41. The molecular formula is C36H34ClN3O4S. The van der Waals surface area contributed by atoms with Crippen molar-refractivity contribution >= 4 is 46.1 Å². The number of nitrogens with zero attached hydrogens (tertiary/aromatic N) is 3. The molecule has 0 saturated heterocycles. The van der Waals surface area contributed by atoms with E-state index in [0.717, 1.165) is 23.1 Å². The molecule has 1 aromatic heterocycles. The molecule has 2 aliphatic heterocycles. The first-order valence-electron chi connectivity index (χ1n) is 15.2. The van der Waals surface area contributed by atoms with E-state index in [1.54, 1.807) is 22.5 Å². The van der Waals surface area contributed by atoms with E-state index in [4.69, 9.17) is 21.3 Å². The lowest BCUT2D eigenvalue weighted by atomic mass is 9.92. The Labute approximate surface area is 270 Å². The maximum atomic E-state index is 14.6. The van der Waals surface area contributed by atoms with Gasteiger partial charge in [-0.2, -0.15) is 0 Å². The lowest BCUT2D eigenvalue weighted by molar-refractivity contribution is -0.139. The number of halogens is 1. The fourth-order valence-corrected chi connectivity index (χ4v) is 7.31. The summed E-state index contributed by atoms with van der Waals surface area (Å²) in [5.74, 6) is -0.452. The van der Waals surface area contributed by atoms with Gasteiger partial charge in [0.1, 0.15) is 4.53 Å². The van der Waals surface area contributed by atoms with Crippen molar-refractivity contribution in [1.29, 1.82) is 0 Å². The highest BCUT2D eigenvalue weighted by Gasteiger charge is 2.38. The van der Waals surface area contributed by atoms with Gasteiger partial charge >= 0.3 is 5.97 Å². The standard InChI is InChI=1S/C36H34ClN3O4S/c1-5-11-27-30(35(43)44-6-2)31(23-18-16-22(17-19-23)21(3)4)40-34(42)32(45-36(40)38-27)29-25-13-8-10-15-28(25)39(33(29)41)20-24-12-7-9-14-26(24)37/h7-10,12-19,21,31H,5-6,11,20H2,1-4H3/b32-29+/t31-/m1/s1. The minimum absolute atomic E-state index is 0.196. The second kappa shape index (κ2) is 12.6. The number of hydrogen-bond donors (Lipinski definition) is 0. The molecule has 9 heteroatoms. The maximum absolute atomic E-state index is 14.6. The molecule has 0 fully saturated rings. The lowest BCUT2D eigenvalue weighted by Gasteiger charge is -2.26. The molecule has 4 aromatic rings. The molecule has 2 aliphatic rings. The first kappa shape index (κ1) is 30.7. The Bertz CT molecular complexity index is 2020. The number of thiazole rings is 1. The summed E-state index contributed by atoms with van der Waals surface area (Å²) in [6, 6.07) is 22.2. The molecule has 45 heavy (non-hydrogen) atoms. The van der Waals surface area contributed by atoms with Crippen LogP contribution in [0.4, 0.5) is 5.69 Å². The van der Waals surface area contributed by atoms with Crippen molar-refractivity contribution in [3.8, 4) is 0 Å². The molecule has 0 spiro atoms. The number of fused-ring (bicyclic) bond motifs is 2. The van der Waals surface area contributed by atoms with Crippen LogP contribution in [0.1, 0.15) is 74.8 Å². The number of benzene rings is 3. The molecule has 6 rings (SSSR count). The summed E-state index contributed by atoms with van der Waals surface area (Å²) in [7, 11) is 0. The minimum Gasteiger partial charge on any atom is -0.463 e. The Morgan fingerprint density at radius 3 is 2.40 bits per heavy atom. The number of ether oxygens (including phenoxy) is 1. The number of carbonyl (C=O) groups is 2. The fraction of sp³-hybridized carbons (Fsp3) is 0.278. The third-order valence-corrected chi connectivity index (χ3v) is 9.65. The van der Waals surface area contributed by atoms with Crippen LogP contribution < -0.4 is 19.8 Å². The Hall–Kier alpha value is -4.27. The first-order valence-corrected chi connectivity index (χ1v) is 16.4. The van der Waals surface area contributed by atoms with E-state index in [0.29, 0.717) is 50.3 Å². The van der Waals surface area contributed by atoms with Crippen LogP contribution in [-0.2, 0) is 20.9 Å². The number of carbonyl (C=O) groups excluding carboxylic acids is 2. The van der Waals surface area contributed by atoms with Gasteiger partial charge in [0.05, 0.1) is 41.7 Å². The van der Waals surface area contributed by atoms with Crippen LogP contribution >= 0.6 is 22.9 Å². The monoisotopic (exact) mass is 639 g/mol. The zero-order valence-electron chi connectivity index (χ0n) is 25.7. The second-order valence-corrected chi connectivity index (χ2v) is 12.8. The van der Waals surface area contributed by atoms with Crippen molar-refractivity contribution < 1.29 is 14.3 Å². The van der Waals surface area contributed by atoms with E-state index in [2.05, 4.69) is 13.8 Å². The molecule has 0 unspecified atom stereocenters. The molecule has 3 heterocycles. The number of esters is 1.